The van der Waals surface area contributed by atoms with Crippen LogP contribution in [0.15, 0.2) is 24.3 Å². The Labute approximate surface area is 115 Å². The van der Waals surface area contributed by atoms with Crippen LogP contribution in [0.4, 0.5) is 5.69 Å². The Balaban J connectivity index is 2.37. The fourth-order valence-electron chi connectivity index (χ4n) is 1.59. The van der Waals surface area contributed by atoms with E-state index in [1.54, 1.807) is 0 Å². The van der Waals surface area contributed by atoms with Crippen LogP contribution in [0.2, 0.25) is 0 Å². The van der Waals surface area contributed by atoms with Gasteiger partial charge >= 0.3 is 0 Å². The summed E-state index contributed by atoms with van der Waals surface area (Å²) < 4.78 is 5.28. The van der Waals surface area contributed by atoms with Crippen molar-refractivity contribution in [1.82, 2.24) is 5.32 Å². The van der Waals surface area contributed by atoms with Gasteiger partial charge in [0.05, 0.1) is 0 Å². The van der Waals surface area contributed by atoms with Crippen LogP contribution in [0.25, 0.3) is 0 Å². The van der Waals surface area contributed by atoms with Gasteiger partial charge in [-0.15, -0.1) is 0 Å². The molecule has 0 saturated heterocycles. The van der Waals surface area contributed by atoms with Gasteiger partial charge in [0.25, 0.3) is 0 Å². The highest BCUT2D eigenvalue weighted by Crippen LogP contribution is 2.14. The summed E-state index contributed by atoms with van der Waals surface area (Å²) in [6.07, 6.45) is 0.968. The first-order chi connectivity index (χ1) is 8.65. The molecule has 0 saturated carbocycles. The largest absolute Gasteiger partial charge is 0.382 e. The van der Waals surface area contributed by atoms with Gasteiger partial charge in [-0.3, -0.25) is 0 Å². The van der Waals surface area contributed by atoms with Gasteiger partial charge in [-0.1, -0.05) is 12.1 Å². The average molecular weight is 266 g/mol. The molecule has 100 valence electrons. The lowest BCUT2D eigenvalue weighted by atomic mass is 10.2. The molecule has 1 rings (SSSR count). The van der Waals surface area contributed by atoms with Gasteiger partial charge in [-0.2, -0.15) is 0 Å². The van der Waals surface area contributed by atoms with Crippen molar-refractivity contribution in [2.45, 2.75) is 20.3 Å². The van der Waals surface area contributed by atoms with Crippen molar-refractivity contribution < 1.29 is 4.74 Å². The van der Waals surface area contributed by atoms with Gasteiger partial charge in [-0.25, -0.2) is 0 Å². The number of nitrogens with one attached hydrogen (secondary N) is 1. The molecule has 0 aliphatic carbocycles. The Morgan fingerprint density at radius 3 is 2.89 bits per heavy atom. The van der Waals surface area contributed by atoms with E-state index in [0.29, 0.717) is 0 Å². The normalized spacial score (nSPS) is 10.2. The number of benzene rings is 1. The molecule has 0 aliphatic rings. The highest BCUT2D eigenvalue weighted by atomic mass is 32.1. The minimum Gasteiger partial charge on any atom is -0.382 e. The van der Waals surface area contributed by atoms with Crippen molar-refractivity contribution in [2.75, 3.05) is 31.7 Å². The van der Waals surface area contributed by atoms with Gasteiger partial charge in [0.1, 0.15) is 0 Å². The molecule has 18 heavy (non-hydrogen) atoms. The topological polar surface area (TPSA) is 24.5 Å². The predicted octanol–water partition coefficient (Wildman–Crippen LogP) is 2.73. The Morgan fingerprint density at radius 2 is 2.22 bits per heavy atom. The Morgan fingerprint density at radius 1 is 1.44 bits per heavy atom. The highest BCUT2D eigenvalue weighted by Gasteiger charge is 2.05. The number of rotatable bonds is 6. The zero-order valence-corrected chi connectivity index (χ0v) is 12.2. The molecule has 0 atom stereocenters. The van der Waals surface area contributed by atoms with Gasteiger partial charge < -0.3 is 15.0 Å². The molecular formula is C14H22N2OS. The number of thiocarbonyl (C=S) groups is 1. The number of ether oxygens (including phenoxy) is 1. The smallest absolute Gasteiger partial charge is 0.173 e. The van der Waals surface area contributed by atoms with E-state index in [1.165, 1.54) is 5.56 Å². The zero-order valence-electron chi connectivity index (χ0n) is 11.4. The second-order valence-corrected chi connectivity index (χ2v) is 4.57. The number of hydrogen-bond acceptors (Lipinski definition) is 2. The summed E-state index contributed by atoms with van der Waals surface area (Å²) >= 11 is 5.35. The van der Waals surface area contributed by atoms with Crippen LogP contribution in [-0.2, 0) is 4.74 Å². The first-order valence-electron chi connectivity index (χ1n) is 6.31. The second-order valence-electron chi connectivity index (χ2n) is 4.18. The van der Waals surface area contributed by atoms with Crippen LogP contribution in [0, 0.1) is 6.92 Å². The lowest BCUT2D eigenvalue weighted by molar-refractivity contribution is 0.146. The predicted molar refractivity (Wildman–Crippen MR) is 81.3 cm³/mol. The van der Waals surface area contributed by atoms with Gasteiger partial charge in [0, 0.05) is 32.5 Å². The summed E-state index contributed by atoms with van der Waals surface area (Å²) in [5, 5.41) is 3.98. The molecule has 0 aliphatic heterocycles. The van der Waals surface area contributed by atoms with Crippen LogP contribution >= 0.6 is 12.2 Å². The molecule has 0 aromatic heterocycles. The molecule has 0 heterocycles. The second kappa shape index (κ2) is 8.06. The fraction of sp³-hybridized carbons (Fsp3) is 0.500. The zero-order chi connectivity index (χ0) is 13.4. The lowest BCUT2D eigenvalue weighted by Gasteiger charge is -2.21. The third-order valence-electron chi connectivity index (χ3n) is 2.64. The molecule has 1 aromatic carbocycles. The van der Waals surface area contributed by atoms with E-state index in [0.717, 1.165) is 37.0 Å². The molecule has 0 spiro atoms. The quantitative estimate of drug-likeness (QED) is 0.632. The Kier molecular flexibility index (Phi) is 6.68. The van der Waals surface area contributed by atoms with Crippen LogP contribution < -0.4 is 10.2 Å². The van der Waals surface area contributed by atoms with E-state index in [1.807, 2.05) is 24.9 Å². The van der Waals surface area contributed by atoms with E-state index >= 15 is 0 Å². The number of nitrogens with zero attached hydrogens (tertiary/aromatic N) is 1. The lowest BCUT2D eigenvalue weighted by Crippen LogP contribution is -2.37. The number of aryl methyl sites for hydroxylation is 1. The number of hydrogen-bond donors (Lipinski definition) is 1. The maximum Gasteiger partial charge on any atom is 0.173 e. The first-order valence-corrected chi connectivity index (χ1v) is 6.72. The molecule has 1 aromatic rings. The van der Waals surface area contributed by atoms with Crippen molar-refractivity contribution in [3.05, 3.63) is 29.8 Å². The van der Waals surface area contributed by atoms with Crippen LogP contribution in [0.5, 0.6) is 0 Å². The summed E-state index contributed by atoms with van der Waals surface area (Å²) in [6.45, 7) is 6.47. The van der Waals surface area contributed by atoms with Crippen molar-refractivity contribution in [1.29, 1.82) is 0 Å². The monoisotopic (exact) mass is 266 g/mol. The Hall–Kier alpha value is -1.13. The van der Waals surface area contributed by atoms with Crippen LogP contribution in [-0.4, -0.2) is 31.9 Å². The summed E-state index contributed by atoms with van der Waals surface area (Å²) in [5.74, 6) is 0. The van der Waals surface area contributed by atoms with Crippen molar-refractivity contribution in [2.24, 2.45) is 0 Å². The molecule has 0 radical (unpaired) electrons. The summed E-state index contributed by atoms with van der Waals surface area (Å²) in [6, 6.07) is 8.30. The van der Waals surface area contributed by atoms with E-state index in [2.05, 4.69) is 30.4 Å². The SMILES string of the molecule is CCOCCCNC(=S)N(C)c1cccc(C)c1. The molecule has 4 heteroatoms. The van der Waals surface area contributed by atoms with Crippen LogP contribution in [0.1, 0.15) is 18.9 Å². The van der Waals surface area contributed by atoms with E-state index in [9.17, 15) is 0 Å². The molecule has 1 N–H and O–H groups in total. The average Bonchev–Trinajstić information content (AvgIpc) is 2.37. The molecular weight excluding hydrogens is 244 g/mol. The molecule has 0 unspecified atom stereocenters. The summed E-state index contributed by atoms with van der Waals surface area (Å²) in [4.78, 5) is 1.99. The van der Waals surface area contributed by atoms with Crippen LogP contribution in [0.3, 0.4) is 0 Å². The molecule has 0 amide bonds. The van der Waals surface area contributed by atoms with E-state index in [4.69, 9.17) is 17.0 Å². The standard InChI is InChI=1S/C14H22N2OS/c1-4-17-10-6-9-15-14(18)16(3)13-8-5-7-12(2)11-13/h5,7-8,11H,4,6,9-10H2,1-3H3,(H,15,18). The maximum atomic E-state index is 5.35. The third-order valence-corrected chi connectivity index (χ3v) is 3.06. The van der Waals surface area contributed by atoms with Crippen molar-refractivity contribution in [3.63, 3.8) is 0 Å². The third kappa shape index (κ3) is 5.02. The number of anilines is 1. The summed E-state index contributed by atoms with van der Waals surface area (Å²) in [5.41, 5.74) is 2.34. The van der Waals surface area contributed by atoms with Gasteiger partial charge in [0.2, 0.25) is 0 Å². The first kappa shape index (κ1) is 14.9. The summed E-state index contributed by atoms with van der Waals surface area (Å²) in [7, 11) is 1.98. The van der Waals surface area contributed by atoms with E-state index < -0.39 is 0 Å². The molecule has 0 fully saturated rings. The Bertz CT molecular complexity index is 382. The van der Waals surface area contributed by atoms with Gasteiger partial charge in [-0.05, 0) is 50.2 Å². The molecule has 3 nitrogen and oxygen atoms in total. The van der Waals surface area contributed by atoms with Crippen molar-refractivity contribution >= 4 is 23.0 Å². The highest BCUT2D eigenvalue weighted by molar-refractivity contribution is 7.80. The molecule has 0 bridgehead atoms. The minimum atomic E-state index is 0.747. The fourth-order valence-corrected chi connectivity index (χ4v) is 1.79. The van der Waals surface area contributed by atoms with E-state index in [-0.39, 0.29) is 0 Å². The van der Waals surface area contributed by atoms with Crippen molar-refractivity contribution in [3.8, 4) is 0 Å². The maximum absolute atomic E-state index is 5.35. The van der Waals surface area contributed by atoms with Gasteiger partial charge in [0.15, 0.2) is 5.11 Å². The minimum absolute atomic E-state index is 0.747.